The first kappa shape index (κ1) is 9.68. The van der Waals surface area contributed by atoms with Crippen LogP contribution in [-0.2, 0) is 6.54 Å². The van der Waals surface area contributed by atoms with E-state index >= 15 is 0 Å². The third-order valence-corrected chi connectivity index (χ3v) is 1.68. The van der Waals surface area contributed by atoms with Gasteiger partial charge in [-0.1, -0.05) is 5.21 Å². The van der Waals surface area contributed by atoms with E-state index in [1.807, 2.05) is 13.1 Å². The topological polar surface area (TPSA) is 66.5 Å². The first-order valence-corrected chi connectivity index (χ1v) is 4.30. The molecule has 1 aromatic rings. The lowest BCUT2D eigenvalue weighted by Gasteiger charge is -2.04. The highest BCUT2D eigenvalue weighted by Crippen LogP contribution is 1.86. The van der Waals surface area contributed by atoms with E-state index in [1.54, 1.807) is 10.9 Å². The fraction of sp³-hybridized carbons (Fsp3) is 0.625. The fourth-order valence-corrected chi connectivity index (χ4v) is 0.957. The fourth-order valence-electron chi connectivity index (χ4n) is 0.957. The molecule has 0 bridgehead atoms. The van der Waals surface area contributed by atoms with E-state index in [-0.39, 0.29) is 6.04 Å². The SMILES string of the molecule is CC(C#N)NCCCn1ccnn1. The van der Waals surface area contributed by atoms with Gasteiger partial charge in [0.25, 0.3) is 0 Å². The first-order valence-electron chi connectivity index (χ1n) is 4.30. The highest BCUT2D eigenvalue weighted by atomic mass is 15.4. The van der Waals surface area contributed by atoms with E-state index < -0.39 is 0 Å². The summed E-state index contributed by atoms with van der Waals surface area (Å²) in [6.45, 7) is 3.51. The summed E-state index contributed by atoms with van der Waals surface area (Å²) < 4.78 is 1.78. The Labute approximate surface area is 77.4 Å². The van der Waals surface area contributed by atoms with Gasteiger partial charge in [-0.05, 0) is 19.9 Å². The van der Waals surface area contributed by atoms with Crippen LogP contribution in [0.25, 0.3) is 0 Å². The molecular formula is C8H13N5. The van der Waals surface area contributed by atoms with Crippen molar-refractivity contribution in [3.63, 3.8) is 0 Å². The summed E-state index contributed by atoms with van der Waals surface area (Å²) in [5.41, 5.74) is 0. The van der Waals surface area contributed by atoms with Gasteiger partial charge in [0.1, 0.15) is 0 Å². The van der Waals surface area contributed by atoms with Crippen molar-refractivity contribution in [3.8, 4) is 6.07 Å². The van der Waals surface area contributed by atoms with Crippen molar-refractivity contribution in [2.45, 2.75) is 25.9 Å². The minimum atomic E-state index is -0.0734. The second-order valence-electron chi connectivity index (χ2n) is 2.82. The lowest BCUT2D eigenvalue weighted by Crippen LogP contribution is -2.26. The van der Waals surface area contributed by atoms with Gasteiger partial charge in [0.2, 0.25) is 0 Å². The van der Waals surface area contributed by atoms with E-state index in [9.17, 15) is 0 Å². The molecule has 0 radical (unpaired) electrons. The second-order valence-corrected chi connectivity index (χ2v) is 2.82. The van der Waals surface area contributed by atoms with Crippen LogP contribution in [0.3, 0.4) is 0 Å². The van der Waals surface area contributed by atoms with Crippen molar-refractivity contribution in [1.82, 2.24) is 20.3 Å². The van der Waals surface area contributed by atoms with Crippen LogP contribution in [0, 0.1) is 11.3 Å². The smallest absolute Gasteiger partial charge is 0.0924 e. The van der Waals surface area contributed by atoms with Crippen molar-refractivity contribution in [3.05, 3.63) is 12.4 Å². The summed E-state index contributed by atoms with van der Waals surface area (Å²) in [5.74, 6) is 0. The highest BCUT2D eigenvalue weighted by molar-refractivity contribution is 4.84. The predicted molar refractivity (Wildman–Crippen MR) is 47.7 cm³/mol. The standard InChI is InChI=1S/C8H13N5/c1-8(7-9)10-3-2-5-13-6-4-11-12-13/h4,6,8,10H,2-3,5H2,1H3. The summed E-state index contributed by atoms with van der Waals surface area (Å²) in [7, 11) is 0. The van der Waals surface area contributed by atoms with Crippen LogP contribution in [0.2, 0.25) is 0 Å². The second kappa shape index (κ2) is 5.27. The summed E-state index contributed by atoms with van der Waals surface area (Å²) in [6.07, 6.45) is 4.44. The minimum absolute atomic E-state index is 0.0734. The third kappa shape index (κ3) is 3.67. The normalized spacial score (nSPS) is 12.3. The molecule has 0 spiro atoms. The molecule has 0 saturated carbocycles. The number of rotatable bonds is 5. The van der Waals surface area contributed by atoms with E-state index in [0.29, 0.717) is 0 Å². The molecule has 1 aromatic heterocycles. The summed E-state index contributed by atoms with van der Waals surface area (Å²) >= 11 is 0. The number of nitriles is 1. The average molecular weight is 179 g/mol. The van der Waals surface area contributed by atoms with Crippen molar-refractivity contribution in [2.75, 3.05) is 6.54 Å². The number of aromatic nitrogens is 3. The van der Waals surface area contributed by atoms with Crippen LogP contribution in [0.15, 0.2) is 12.4 Å². The molecular weight excluding hydrogens is 166 g/mol. The number of nitrogens with one attached hydrogen (secondary N) is 1. The van der Waals surface area contributed by atoms with E-state index in [4.69, 9.17) is 5.26 Å². The molecule has 70 valence electrons. The molecule has 0 fully saturated rings. The summed E-state index contributed by atoms with van der Waals surface area (Å²) in [4.78, 5) is 0. The molecule has 1 heterocycles. The average Bonchev–Trinajstić information content (AvgIpc) is 2.64. The van der Waals surface area contributed by atoms with Crippen LogP contribution in [-0.4, -0.2) is 27.6 Å². The number of nitrogens with zero attached hydrogens (tertiary/aromatic N) is 4. The van der Waals surface area contributed by atoms with E-state index in [0.717, 1.165) is 19.5 Å². The van der Waals surface area contributed by atoms with Gasteiger partial charge in [0, 0.05) is 12.7 Å². The molecule has 13 heavy (non-hydrogen) atoms. The van der Waals surface area contributed by atoms with Gasteiger partial charge in [0.05, 0.1) is 18.3 Å². The zero-order chi connectivity index (χ0) is 9.52. The van der Waals surface area contributed by atoms with Gasteiger partial charge < -0.3 is 5.32 Å². The quantitative estimate of drug-likeness (QED) is 0.654. The molecule has 0 saturated heterocycles. The van der Waals surface area contributed by atoms with Gasteiger partial charge in [-0.2, -0.15) is 5.26 Å². The Hall–Kier alpha value is -1.41. The Kier molecular flexibility index (Phi) is 3.93. The molecule has 1 N–H and O–H groups in total. The first-order chi connectivity index (χ1) is 6.33. The number of aryl methyl sites for hydroxylation is 1. The van der Waals surface area contributed by atoms with E-state index in [2.05, 4.69) is 21.7 Å². The van der Waals surface area contributed by atoms with Crippen LogP contribution < -0.4 is 5.32 Å². The monoisotopic (exact) mass is 179 g/mol. The molecule has 0 amide bonds. The van der Waals surface area contributed by atoms with Crippen LogP contribution in [0.5, 0.6) is 0 Å². The summed E-state index contributed by atoms with van der Waals surface area (Å²) in [6, 6.07) is 2.04. The van der Waals surface area contributed by atoms with Crippen molar-refractivity contribution in [2.24, 2.45) is 0 Å². The molecule has 0 aliphatic heterocycles. The zero-order valence-corrected chi connectivity index (χ0v) is 7.64. The molecule has 5 nitrogen and oxygen atoms in total. The minimum Gasteiger partial charge on any atom is -0.302 e. The molecule has 0 aliphatic carbocycles. The Morgan fingerprint density at radius 3 is 3.15 bits per heavy atom. The largest absolute Gasteiger partial charge is 0.302 e. The maximum Gasteiger partial charge on any atom is 0.0924 e. The molecule has 5 heteroatoms. The number of hydrogen-bond donors (Lipinski definition) is 1. The van der Waals surface area contributed by atoms with Crippen LogP contribution in [0.4, 0.5) is 0 Å². The lowest BCUT2D eigenvalue weighted by molar-refractivity contribution is 0.520. The maximum absolute atomic E-state index is 8.48. The van der Waals surface area contributed by atoms with E-state index in [1.165, 1.54) is 0 Å². The third-order valence-electron chi connectivity index (χ3n) is 1.68. The van der Waals surface area contributed by atoms with Gasteiger partial charge in [-0.3, -0.25) is 4.68 Å². The molecule has 1 rings (SSSR count). The molecule has 0 aromatic carbocycles. The molecule has 1 atom stereocenters. The Bertz CT molecular complexity index is 261. The lowest BCUT2D eigenvalue weighted by atomic mass is 10.3. The van der Waals surface area contributed by atoms with Crippen LogP contribution in [0.1, 0.15) is 13.3 Å². The molecule has 0 aliphatic rings. The maximum atomic E-state index is 8.48. The Morgan fingerprint density at radius 2 is 2.54 bits per heavy atom. The highest BCUT2D eigenvalue weighted by Gasteiger charge is 1.96. The van der Waals surface area contributed by atoms with Gasteiger partial charge in [0.15, 0.2) is 0 Å². The number of hydrogen-bond acceptors (Lipinski definition) is 4. The Balaban J connectivity index is 2.06. The molecule has 1 unspecified atom stereocenters. The van der Waals surface area contributed by atoms with Crippen LogP contribution >= 0.6 is 0 Å². The van der Waals surface area contributed by atoms with Crippen molar-refractivity contribution < 1.29 is 0 Å². The van der Waals surface area contributed by atoms with Gasteiger partial charge >= 0.3 is 0 Å². The zero-order valence-electron chi connectivity index (χ0n) is 7.64. The van der Waals surface area contributed by atoms with Gasteiger partial charge in [-0.15, -0.1) is 5.10 Å². The van der Waals surface area contributed by atoms with Gasteiger partial charge in [-0.25, -0.2) is 0 Å². The summed E-state index contributed by atoms with van der Waals surface area (Å²) in [5, 5.41) is 19.1. The predicted octanol–water partition coefficient (Wildman–Crippen LogP) is 0.170. The Morgan fingerprint density at radius 1 is 1.69 bits per heavy atom. The van der Waals surface area contributed by atoms with Crippen molar-refractivity contribution in [1.29, 1.82) is 5.26 Å². The van der Waals surface area contributed by atoms with Crippen molar-refractivity contribution >= 4 is 0 Å².